The van der Waals surface area contributed by atoms with Crippen LogP contribution in [0.25, 0.3) is 0 Å². The average molecular weight is 237 g/mol. The topological polar surface area (TPSA) is 41.5 Å². The standard InChI is InChI=1S/C14H23NO2/c1-11(2)9-15-10-13(16)8-12-4-6-14(17-3)7-5-12/h4-7,11,13,15-16H,8-10H2,1-3H3/t13-/m1/s1. The summed E-state index contributed by atoms with van der Waals surface area (Å²) in [4.78, 5) is 0. The molecule has 96 valence electrons. The average Bonchev–Trinajstić information content (AvgIpc) is 2.29. The molecule has 0 aliphatic carbocycles. The number of hydrogen-bond acceptors (Lipinski definition) is 3. The van der Waals surface area contributed by atoms with Crippen LogP contribution in [0.2, 0.25) is 0 Å². The van der Waals surface area contributed by atoms with Gasteiger partial charge in [0.25, 0.3) is 0 Å². The van der Waals surface area contributed by atoms with Crippen LogP contribution >= 0.6 is 0 Å². The lowest BCUT2D eigenvalue weighted by molar-refractivity contribution is 0.170. The maximum Gasteiger partial charge on any atom is 0.118 e. The number of aliphatic hydroxyl groups is 1. The van der Waals surface area contributed by atoms with Gasteiger partial charge in [-0.2, -0.15) is 0 Å². The number of ether oxygens (including phenoxy) is 1. The Kier molecular flexibility index (Phi) is 6.01. The SMILES string of the molecule is COc1ccc(C[C@@H](O)CNCC(C)C)cc1. The number of rotatable bonds is 7. The summed E-state index contributed by atoms with van der Waals surface area (Å²) in [5.41, 5.74) is 1.13. The van der Waals surface area contributed by atoms with Gasteiger partial charge in [0.1, 0.15) is 5.75 Å². The first kappa shape index (κ1) is 14.0. The lowest BCUT2D eigenvalue weighted by atomic mass is 10.1. The van der Waals surface area contributed by atoms with Gasteiger partial charge in [0.05, 0.1) is 13.2 Å². The van der Waals surface area contributed by atoms with Crippen LogP contribution in [0.5, 0.6) is 5.75 Å². The predicted octanol–water partition coefficient (Wildman–Crippen LogP) is 1.84. The minimum Gasteiger partial charge on any atom is -0.497 e. The van der Waals surface area contributed by atoms with Crippen molar-refractivity contribution in [2.45, 2.75) is 26.4 Å². The van der Waals surface area contributed by atoms with E-state index in [1.54, 1.807) is 7.11 Å². The van der Waals surface area contributed by atoms with Gasteiger partial charge in [0.15, 0.2) is 0 Å². The summed E-state index contributed by atoms with van der Waals surface area (Å²) in [6.45, 7) is 5.90. The molecule has 1 rings (SSSR count). The van der Waals surface area contributed by atoms with Gasteiger partial charge in [0, 0.05) is 6.54 Å². The molecular weight excluding hydrogens is 214 g/mol. The van der Waals surface area contributed by atoms with Crippen LogP contribution < -0.4 is 10.1 Å². The van der Waals surface area contributed by atoms with Crippen molar-refractivity contribution in [2.24, 2.45) is 5.92 Å². The zero-order chi connectivity index (χ0) is 12.7. The van der Waals surface area contributed by atoms with Crippen LogP contribution in [-0.4, -0.2) is 31.4 Å². The van der Waals surface area contributed by atoms with Gasteiger partial charge < -0.3 is 15.2 Å². The van der Waals surface area contributed by atoms with Crippen molar-refractivity contribution in [3.05, 3.63) is 29.8 Å². The highest BCUT2D eigenvalue weighted by Gasteiger charge is 2.05. The second-order valence-electron chi connectivity index (χ2n) is 4.76. The minimum atomic E-state index is -0.331. The maximum absolute atomic E-state index is 9.85. The Labute approximate surface area is 104 Å². The fourth-order valence-corrected chi connectivity index (χ4v) is 1.64. The van der Waals surface area contributed by atoms with E-state index in [1.807, 2.05) is 24.3 Å². The van der Waals surface area contributed by atoms with Crippen LogP contribution in [0.4, 0.5) is 0 Å². The van der Waals surface area contributed by atoms with Crippen molar-refractivity contribution in [3.63, 3.8) is 0 Å². The van der Waals surface area contributed by atoms with Crippen LogP contribution in [0.15, 0.2) is 24.3 Å². The van der Waals surface area contributed by atoms with Gasteiger partial charge >= 0.3 is 0 Å². The molecule has 3 heteroatoms. The first-order valence-corrected chi connectivity index (χ1v) is 6.13. The van der Waals surface area contributed by atoms with E-state index in [0.717, 1.165) is 17.9 Å². The molecule has 0 aliphatic rings. The molecule has 1 aromatic rings. The Bertz CT molecular complexity index is 309. The molecule has 0 amide bonds. The van der Waals surface area contributed by atoms with E-state index in [0.29, 0.717) is 18.9 Å². The summed E-state index contributed by atoms with van der Waals surface area (Å²) in [5.74, 6) is 1.46. The van der Waals surface area contributed by atoms with E-state index in [2.05, 4.69) is 19.2 Å². The Balaban J connectivity index is 2.31. The van der Waals surface area contributed by atoms with Crippen molar-refractivity contribution in [1.82, 2.24) is 5.32 Å². The third kappa shape index (κ3) is 5.71. The fraction of sp³-hybridized carbons (Fsp3) is 0.571. The molecule has 0 radical (unpaired) electrons. The van der Waals surface area contributed by atoms with E-state index in [9.17, 15) is 5.11 Å². The molecule has 0 saturated carbocycles. The molecule has 0 unspecified atom stereocenters. The van der Waals surface area contributed by atoms with Gasteiger partial charge in [-0.1, -0.05) is 26.0 Å². The third-order valence-electron chi connectivity index (χ3n) is 2.56. The van der Waals surface area contributed by atoms with E-state index in [-0.39, 0.29) is 6.10 Å². The van der Waals surface area contributed by atoms with Crippen molar-refractivity contribution >= 4 is 0 Å². The van der Waals surface area contributed by atoms with E-state index >= 15 is 0 Å². The first-order valence-electron chi connectivity index (χ1n) is 6.13. The van der Waals surface area contributed by atoms with E-state index in [1.165, 1.54) is 0 Å². The molecule has 17 heavy (non-hydrogen) atoms. The second kappa shape index (κ2) is 7.30. The smallest absolute Gasteiger partial charge is 0.118 e. The van der Waals surface area contributed by atoms with Crippen molar-refractivity contribution < 1.29 is 9.84 Å². The zero-order valence-electron chi connectivity index (χ0n) is 10.9. The molecule has 0 spiro atoms. The van der Waals surface area contributed by atoms with Crippen LogP contribution in [0.3, 0.4) is 0 Å². The maximum atomic E-state index is 9.85. The molecule has 1 atom stereocenters. The number of methoxy groups -OCH3 is 1. The molecule has 0 bridgehead atoms. The van der Waals surface area contributed by atoms with Gasteiger partial charge in [-0.15, -0.1) is 0 Å². The second-order valence-corrected chi connectivity index (χ2v) is 4.76. The quantitative estimate of drug-likeness (QED) is 0.760. The van der Waals surface area contributed by atoms with E-state index < -0.39 is 0 Å². The lowest BCUT2D eigenvalue weighted by Gasteiger charge is -2.13. The third-order valence-corrected chi connectivity index (χ3v) is 2.56. The molecular formula is C14H23NO2. The van der Waals surface area contributed by atoms with Gasteiger partial charge in [-0.25, -0.2) is 0 Å². The Morgan fingerprint density at radius 2 is 1.82 bits per heavy atom. The molecule has 3 nitrogen and oxygen atoms in total. The summed E-state index contributed by atoms with van der Waals surface area (Å²) >= 11 is 0. The largest absolute Gasteiger partial charge is 0.497 e. The van der Waals surface area contributed by atoms with Crippen molar-refractivity contribution in [3.8, 4) is 5.75 Å². The molecule has 0 aliphatic heterocycles. The zero-order valence-corrected chi connectivity index (χ0v) is 10.9. The summed E-state index contributed by atoms with van der Waals surface area (Å²) < 4.78 is 5.09. The Morgan fingerprint density at radius 3 is 2.35 bits per heavy atom. The van der Waals surface area contributed by atoms with Gasteiger partial charge in [-0.3, -0.25) is 0 Å². The molecule has 0 heterocycles. The summed E-state index contributed by atoms with van der Waals surface area (Å²) in [6.07, 6.45) is 0.344. The van der Waals surface area contributed by atoms with Crippen molar-refractivity contribution in [1.29, 1.82) is 0 Å². The molecule has 0 aromatic heterocycles. The van der Waals surface area contributed by atoms with Crippen LogP contribution in [0, 0.1) is 5.92 Å². The highest BCUT2D eigenvalue weighted by Crippen LogP contribution is 2.12. The number of hydrogen-bond donors (Lipinski definition) is 2. The van der Waals surface area contributed by atoms with Gasteiger partial charge in [-0.05, 0) is 36.6 Å². The molecule has 2 N–H and O–H groups in total. The summed E-state index contributed by atoms with van der Waals surface area (Å²) in [5, 5.41) is 13.1. The lowest BCUT2D eigenvalue weighted by Crippen LogP contribution is -2.30. The summed E-state index contributed by atoms with van der Waals surface area (Å²) in [6, 6.07) is 7.82. The molecule has 0 saturated heterocycles. The number of benzene rings is 1. The van der Waals surface area contributed by atoms with Gasteiger partial charge in [0.2, 0.25) is 0 Å². The normalized spacial score (nSPS) is 12.8. The fourth-order valence-electron chi connectivity index (χ4n) is 1.64. The highest BCUT2D eigenvalue weighted by atomic mass is 16.5. The predicted molar refractivity (Wildman–Crippen MR) is 70.4 cm³/mol. The monoisotopic (exact) mass is 237 g/mol. The summed E-state index contributed by atoms with van der Waals surface area (Å²) in [7, 11) is 1.65. The van der Waals surface area contributed by atoms with Crippen molar-refractivity contribution in [2.75, 3.05) is 20.2 Å². The molecule has 0 fully saturated rings. The van der Waals surface area contributed by atoms with E-state index in [4.69, 9.17) is 4.74 Å². The Morgan fingerprint density at radius 1 is 1.18 bits per heavy atom. The number of aliphatic hydroxyl groups excluding tert-OH is 1. The first-order chi connectivity index (χ1) is 8.11. The Hall–Kier alpha value is -1.06. The minimum absolute atomic E-state index is 0.331. The highest BCUT2D eigenvalue weighted by molar-refractivity contribution is 5.27. The molecule has 1 aromatic carbocycles. The van der Waals surface area contributed by atoms with Crippen LogP contribution in [-0.2, 0) is 6.42 Å². The van der Waals surface area contributed by atoms with Crippen LogP contribution in [0.1, 0.15) is 19.4 Å². The number of nitrogens with one attached hydrogen (secondary N) is 1.